The number of benzene rings is 1. The Labute approximate surface area is 199 Å². The molecule has 1 aliphatic heterocycles. The van der Waals surface area contributed by atoms with E-state index < -0.39 is 11.5 Å². The van der Waals surface area contributed by atoms with E-state index >= 15 is 0 Å². The number of amides is 2. The minimum absolute atomic E-state index is 0.0786. The summed E-state index contributed by atoms with van der Waals surface area (Å²) in [7, 11) is 1.57. The summed E-state index contributed by atoms with van der Waals surface area (Å²) in [5, 5.41) is 5.56. The number of anilines is 1. The summed E-state index contributed by atoms with van der Waals surface area (Å²) in [6, 6.07) is 11.1. The summed E-state index contributed by atoms with van der Waals surface area (Å²) in [5.41, 5.74) is 2.22. The summed E-state index contributed by atoms with van der Waals surface area (Å²) in [5.74, 6) is 1.03. The number of carbonyl (C=O) groups is 2. The Morgan fingerprint density at radius 2 is 1.76 bits per heavy atom. The van der Waals surface area contributed by atoms with Crippen molar-refractivity contribution in [2.45, 2.75) is 46.3 Å². The topological polar surface area (TPSA) is 105 Å². The van der Waals surface area contributed by atoms with Crippen LogP contribution >= 0.6 is 0 Å². The first-order valence-corrected chi connectivity index (χ1v) is 11.4. The lowest BCUT2D eigenvalue weighted by molar-refractivity contribution is -0.131. The van der Waals surface area contributed by atoms with E-state index in [1.54, 1.807) is 25.5 Å². The molecule has 34 heavy (non-hydrogen) atoms. The van der Waals surface area contributed by atoms with Gasteiger partial charge in [0.05, 0.1) is 24.4 Å². The normalized spacial score (nSPS) is 14.3. The van der Waals surface area contributed by atoms with Gasteiger partial charge in [-0.2, -0.15) is 0 Å². The van der Waals surface area contributed by atoms with Crippen molar-refractivity contribution in [3.63, 3.8) is 0 Å². The Balaban J connectivity index is 1.65. The van der Waals surface area contributed by atoms with Crippen LogP contribution in [0, 0.1) is 5.41 Å². The molecule has 9 heteroatoms. The number of rotatable bonds is 6. The standard InChI is InChI=1S/C25H31N7O2/c1-25(2,3)21(23(34)26-4)30-20(33)15-18-19-16-31(24-27-11-8-12-28-24)13-14-32(19)22(29-18)17-9-6-5-7-10-17/h5-12,21H,13-16H2,1-4H3,(H,26,34)(H,30,33). The molecule has 2 N–H and O–H groups in total. The molecule has 4 rings (SSSR count). The van der Waals surface area contributed by atoms with Crippen LogP contribution in [0.4, 0.5) is 5.95 Å². The Hall–Kier alpha value is -3.75. The predicted molar refractivity (Wildman–Crippen MR) is 130 cm³/mol. The van der Waals surface area contributed by atoms with E-state index in [4.69, 9.17) is 4.98 Å². The molecule has 178 valence electrons. The molecule has 0 saturated carbocycles. The Kier molecular flexibility index (Phi) is 6.63. The number of carbonyl (C=O) groups excluding carboxylic acids is 2. The molecule has 3 heterocycles. The number of fused-ring (bicyclic) bond motifs is 1. The van der Waals surface area contributed by atoms with Crippen LogP contribution in [-0.4, -0.2) is 51.0 Å². The highest BCUT2D eigenvalue weighted by atomic mass is 16.2. The highest BCUT2D eigenvalue weighted by Crippen LogP contribution is 2.28. The van der Waals surface area contributed by atoms with Crippen molar-refractivity contribution in [2.24, 2.45) is 5.41 Å². The maximum absolute atomic E-state index is 13.1. The summed E-state index contributed by atoms with van der Waals surface area (Å²) >= 11 is 0. The molecule has 2 aromatic heterocycles. The monoisotopic (exact) mass is 461 g/mol. The number of hydrogen-bond acceptors (Lipinski definition) is 6. The molecule has 0 aliphatic carbocycles. The van der Waals surface area contributed by atoms with Crippen LogP contribution in [0.25, 0.3) is 11.4 Å². The number of imidazole rings is 1. The third-order valence-electron chi connectivity index (χ3n) is 5.96. The molecule has 0 saturated heterocycles. The van der Waals surface area contributed by atoms with Crippen molar-refractivity contribution in [1.29, 1.82) is 0 Å². The average Bonchev–Trinajstić information content (AvgIpc) is 3.20. The molecule has 1 atom stereocenters. The largest absolute Gasteiger partial charge is 0.357 e. The zero-order valence-electron chi connectivity index (χ0n) is 20.1. The lowest BCUT2D eigenvalue weighted by atomic mass is 9.86. The van der Waals surface area contributed by atoms with E-state index in [0.29, 0.717) is 24.7 Å². The fourth-order valence-electron chi connectivity index (χ4n) is 4.19. The second-order valence-electron chi connectivity index (χ2n) is 9.47. The maximum Gasteiger partial charge on any atom is 0.242 e. The van der Waals surface area contributed by atoms with E-state index in [1.807, 2.05) is 51.1 Å². The van der Waals surface area contributed by atoms with Crippen LogP contribution in [0.5, 0.6) is 0 Å². The molecular formula is C25H31N7O2. The first-order valence-electron chi connectivity index (χ1n) is 11.4. The zero-order chi connectivity index (χ0) is 24.3. The van der Waals surface area contributed by atoms with E-state index in [-0.39, 0.29) is 18.2 Å². The molecule has 3 aromatic rings. The number of likely N-dealkylation sites (N-methyl/N-ethyl adjacent to an activating group) is 1. The third kappa shape index (κ3) is 4.93. The van der Waals surface area contributed by atoms with E-state index in [9.17, 15) is 9.59 Å². The van der Waals surface area contributed by atoms with Crippen molar-refractivity contribution in [1.82, 2.24) is 30.2 Å². The second kappa shape index (κ2) is 9.62. The minimum Gasteiger partial charge on any atom is -0.357 e. The number of nitrogens with zero attached hydrogens (tertiary/aromatic N) is 5. The van der Waals surface area contributed by atoms with E-state index in [0.717, 1.165) is 23.6 Å². The third-order valence-corrected chi connectivity index (χ3v) is 5.96. The first kappa shape index (κ1) is 23.4. The van der Waals surface area contributed by atoms with Crippen LogP contribution in [0.2, 0.25) is 0 Å². The van der Waals surface area contributed by atoms with Gasteiger partial charge in [0.1, 0.15) is 11.9 Å². The van der Waals surface area contributed by atoms with Crippen LogP contribution < -0.4 is 15.5 Å². The van der Waals surface area contributed by atoms with Gasteiger partial charge in [0.25, 0.3) is 0 Å². The SMILES string of the molecule is CNC(=O)C(NC(=O)Cc1nc(-c2ccccc2)n2c1CN(c1ncccn1)CC2)C(C)(C)C. The summed E-state index contributed by atoms with van der Waals surface area (Å²) in [6.45, 7) is 7.77. The van der Waals surface area contributed by atoms with Crippen molar-refractivity contribution < 1.29 is 9.59 Å². The van der Waals surface area contributed by atoms with Gasteiger partial charge in [-0.15, -0.1) is 0 Å². The van der Waals surface area contributed by atoms with Gasteiger partial charge < -0.3 is 20.1 Å². The highest BCUT2D eigenvalue weighted by molar-refractivity contribution is 5.89. The molecular weight excluding hydrogens is 430 g/mol. The van der Waals surface area contributed by atoms with Gasteiger partial charge in [-0.1, -0.05) is 51.1 Å². The Morgan fingerprint density at radius 3 is 2.41 bits per heavy atom. The maximum atomic E-state index is 13.1. The van der Waals surface area contributed by atoms with Gasteiger partial charge in [0.2, 0.25) is 17.8 Å². The van der Waals surface area contributed by atoms with Gasteiger partial charge in [-0.05, 0) is 11.5 Å². The lowest BCUT2D eigenvalue weighted by Crippen LogP contribution is -2.53. The number of aromatic nitrogens is 4. The van der Waals surface area contributed by atoms with E-state index in [1.165, 1.54) is 0 Å². The molecule has 2 amide bonds. The van der Waals surface area contributed by atoms with Gasteiger partial charge in [0, 0.05) is 38.1 Å². The Bertz CT molecular complexity index is 1150. The summed E-state index contributed by atoms with van der Waals surface area (Å²) in [6.07, 6.45) is 3.53. The van der Waals surface area contributed by atoms with Gasteiger partial charge in [-0.25, -0.2) is 15.0 Å². The average molecular weight is 462 g/mol. The van der Waals surface area contributed by atoms with Crippen molar-refractivity contribution in [3.05, 3.63) is 60.2 Å². The molecule has 9 nitrogen and oxygen atoms in total. The van der Waals surface area contributed by atoms with Gasteiger partial charge >= 0.3 is 0 Å². The van der Waals surface area contributed by atoms with Crippen LogP contribution in [0.3, 0.4) is 0 Å². The van der Waals surface area contributed by atoms with E-state index in [2.05, 4.69) is 30.1 Å². The minimum atomic E-state index is -0.647. The summed E-state index contributed by atoms with van der Waals surface area (Å²) < 4.78 is 2.18. The molecule has 0 fully saturated rings. The highest BCUT2D eigenvalue weighted by Gasteiger charge is 2.33. The Morgan fingerprint density at radius 1 is 1.06 bits per heavy atom. The second-order valence-corrected chi connectivity index (χ2v) is 9.47. The summed E-state index contributed by atoms with van der Waals surface area (Å²) in [4.78, 5) is 41.3. The number of hydrogen-bond donors (Lipinski definition) is 2. The fourth-order valence-corrected chi connectivity index (χ4v) is 4.19. The fraction of sp³-hybridized carbons (Fsp3) is 0.400. The van der Waals surface area contributed by atoms with Crippen LogP contribution in [0.15, 0.2) is 48.8 Å². The molecule has 1 unspecified atom stereocenters. The van der Waals surface area contributed by atoms with Crippen molar-refractivity contribution in [2.75, 3.05) is 18.5 Å². The predicted octanol–water partition coefficient (Wildman–Crippen LogP) is 2.18. The molecule has 0 spiro atoms. The smallest absolute Gasteiger partial charge is 0.242 e. The quantitative estimate of drug-likeness (QED) is 0.583. The van der Waals surface area contributed by atoms with Crippen molar-refractivity contribution in [3.8, 4) is 11.4 Å². The zero-order valence-corrected chi connectivity index (χ0v) is 20.1. The lowest BCUT2D eigenvalue weighted by Gasteiger charge is -2.30. The van der Waals surface area contributed by atoms with Gasteiger partial charge in [0.15, 0.2) is 0 Å². The van der Waals surface area contributed by atoms with Gasteiger partial charge in [-0.3, -0.25) is 9.59 Å². The van der Waals surface area contributed by atoms with Crippen molar-refractivity contribution >= 4 is 17.8 Å². The van der Waals surface area contributed by atoms with Crippen LogP contribution in [-0.2, 0) is 29.1 Å². The molecule has 1 aliphatic rings. The molecule has 1 aromatic carbocycles. The molecule has 0 bridgehead atoms. The van der Waals surface area contributed by atoms with Crippen LogP contribution in [0.1, 0.15) is 32.2 Å². The number of nitrogens with one attached hydrogen (secondary N) is 2. The molecule has 0 radical (unpaired) electrons. The first-order chi connectivity index (χ1) is 16.3.